The number of carbonyl (C=O) groups excluding carboxylic acids is 3. The number of aliphatic hydroxyl groups excluding tert-OH is 1. The second-order valence-electron chi connectivity index (χ2n) is 9.26. The number of carbonyl (C=O) groups is 3. The van der Waals surface area contributed by atoms with Crippen LogP contribution in [0.5, 0.6) is 5.75 Å². The first-order chi connectivity index (χ1) is 18.3. The molecule has 1 aliphatic rings. The molecular formula is C28H36N2O8. The zero-order valence-corrected chi connectivity index (χ0v) is 22.0. The first-order valence-corrected chi connectivity index (χ1v) is 12.5. The Labute approximate surface area is 222 Å². The summed E-state index contributed by atoms with van der Waals surface area (Å²) in [5.74, 6) is -1.26. The molecule has 2 amide bonds. The maximum Gasteiger partial charge on any atom is 0.332 e. The molecule has 0 saturated carbocycles. The van der Waals surface area contributed by atoms with E-state index in [0.29, 0.717) is 37.4 Å². The van der Waals surface area contributed by atoms with Gasteiger partial charge in [0, 0.05) is 33.2 Å². The van der Waals surface area contributed by atoms with E-state index in [9.17, 15) is 19.5 Å². The minimum Gasteiger partial charge on any atom is -0.497 e. The minimum atomic E-state index is -1.42. The highest BCUT2D eigenvalue weighted by molar-refractivity contribution is 5.91. The van der Waals surface area contributed by atoms with Gasteiger partial charge in [0.25, 0.3) is 0 Å². The van der Waals surface area contributed by atoms with Crippen LogP contribution in [-0.2, 0) is 35.2 Å². The van der Waals surface area contributed by atoms with E-state index in [1.54, 1.807) is 43.5 Å². The van der Waals surface area contributed by atoms with Crippen molar-refractivity contribution in [2.75, 3.05) is 27.4 Å². The quantitative estimate of drug-likeness (QED) is 0.357. The molecule has 0 radical (unpaired) electrons. The van der Waals surface area contributed by atoms with Gasteiger partial charge in [0.15, 0.2) is 6.04 Å². The third-order valence-corrected chi connectivity index (χ3v) is 6.64. The van der Waals surface area contributed by atoms with Gasteiger partial charge in [-0.2, -0.15) is 0 Å². The maximum absolute atomic E-state index is 13.0. The lowest BCUT2D eigenvalue weighted by atomic mass is 9.90. The van der Waals surface area contributed by atoms with Crippen molar-refractivity contribution >= 4 is 17.8 Å². The van der Waals surface area contributed by atoms with E-state index < -0.39 is 35.7 Å². The van der Waals surface area contributed by atoms with Gasteiger partial charge in [-0.1, -0.05) is 42.5 Å². The number of ether oxygens (including phenoxy) is 4. The molecule has 0 spiro atoms. The highest BCUT2D eigenvalue weighted by atomic mass is 16.5. The topological polar surface area (TPSA) is 132 Å². The van der Waals surface area contributed by atoms with Gasteiger partial charge in [-0.3, -0.25) is 9.59 Å². The molecule has 0 unspecified atom stereocenters. The van der Waals surface area contributed by atoms with Crippen molar-refractivity contribution in [2.24, 2.45) is 0 Å². The van der Waals surface area contributed by atoms with E-state index in [-0.39, 0.29) is 18.9 Å². The fourth-order valence-corrected chi connectivity index (χ4v) is 4.20. The number of amides is 2. The Hall–Kier alpha value is -3.47. The van der Waals surface area contributed by atoms with Crippen LogP contribution in [0, 0.1) is 0 Å². The molecule has 38 heavy (non-hydrogen) atoms. The van der Waals surface area contributed by atoms with Crippen molar-refractivity contribution in [2.45, 2.75) is 56.6 Å². The van der Waals surface area contributed by atoms with Gasteiger partial charge in [0.05, 0.1) is 19.1 Å². The third kappa shape index (κ3) is 8.01. The second kappa shape index (κ2) is 13.9. The first-order valence-electron chi connectivity index (χ1n) is 12.5. The Kier molecular flexibility index (Phi) is 10.6. The number of hydrogen-bond donors (Lipinski definition) is 3. The lowest BCUT2D eigenvalue weighted by Gasteiger charge is -2.35. The standard InChI is InChI=1S/C28H36N2O8/c1-19(29-23(31)17-28(36-3)13-15-37-16-14-28)26(33)30-24(25(32)21-9-11-22(35-2)12-10-21)27(34)38-18-20-7-5-4-6-8-20/h4-12,19,24-25,32H,13-18H2,1-3H3,(H,29,31)(H,30,33)/t19-,24-,25+/m0/s1. The summed E-state index contributed by atoms with van der Waals surface area (Å²) in [6, 6.07) is 13.1. The van der Waals surface area contributed by atoms with Crippen molar-refractivity contribution in [3.8, 4) is 5.75 Å². The average Bonchev–Trinajstić information content (AvgIpc) is 2.95. The molecule has 1 saturated heterocycles. The molecule has 206 valence electrons. The number of nitrogens with one attached hydrogen (secondary N) is 2. The Balaban J connectivity index is 1.68. The van der Waals surface area contributed by atoms with Gasteiger partial charge < -0.3 is 34.7 Å². The summed E-state index contributed by atoms with van der Waals surface area (Å²) in [7, 11) is 3.07. The Morgan fingerprint density at radius 1 is 1.00 bits per heavy atom. The van der Waals surface area contributed by atoms with Crippen LogP contribution in [0.25, 0.3) is 0 Å². The van der Waals surface area contributed by atoms with Gasteiger partial charge in [-0.05, 0) is 30.2 Å². The Morgan fingerprint density at radius 3 is 2.26 bits per heavy atom. The number of hydrogen-bond acceptors (Lipinski definition) is 8. The normalized spacial score (nSPS) is 16.9. The highest BCUT2D eigenvalue weighted by Gasteiger charge is 2.36. The molecule has 1 fully saturated rings. The minimum absolute atomic E-state index is 0.0313. The number of aliphatic hydroxyl groups is 1. The summed E-state index contributed by atoms with van der Waals surface area (Å²) in [5, 5.41) is 16.2. The Bertz CT molecular complexity index is 1050. The molecule has 1 heterocycles. The molecule has 0 aromatic heterocycles. The zero-order valence-electron chi connectivity index (χ0n) is 22.0. The molecule has 3 rings (SSSR count). The summed E-state index contributed by atoms with van der Waals surface area (Å²) in [4.78, 5) is 38.8. The molecule has 0 aliphatic carbocycles. The van der Waals surface area contributed by atoms with Gasteiger partial charge in [0.1, 0.15) is 24.5 Å². The predicted octanol–water partition coefficient (Wildman–Crippen LogP) is 2.05. The summed E-state index contributed by atoms with van der Waals surface area (Å²) >= 11 is 0. The lowest BCUT2D eigenvalue weighted by molar-refractivity contribution is -0.153. The molecule has 10 nitrogen and oxygen atoms in total. The van der Waals surface area contributed by atoms with Crippen molar-refractivity contribution in [1.29, 1.82) is 0 Å². The summed E-state index contributed by atoms with van der Waals surface area (Å²) in [6.45, 7) is 2.46. The van der Waals surface area contributed by atoms with Crippen LogP contribution in [0.1, 0.15) is 43.4 Å². The van der Waals surface area contributed by atoms with Gasteiger partial charge >= 0.3 is 5.97 Å². The van der Waals surface area contributed by atoms with Crippen LogP contribution in [0.4, 0.5) is 0 Å². The van der Waals surface area contributed by atoms with E-state index >= 15 is 0 Å². The van der Waals surface area contributed by atoms with Crippen LogP contribution in [0.2, 0.25) is 0 Å². The molecule has 1 aliphatic heterocycles. The van der Waals surface area contributed by atoms with Crippen LogP contribution < -0.4 is 15.4 Å². The lowest BCUT2D eigenvalue weighted by Crippen LogP contribution is -2.53. The largest absolute Gasteiger partial charge is 0.497 e. The fourth-order valence-electron chi connectivity index (χ4n) is 4.20. The summed E-state index contributed by atoms with van der Waals surface area (Å²) < 4.78 is 21.5. The molecule has 0 bridgehead atoms. The number of rotatable bonds is 12. The summed E-state index contributed by atoms with van der Waals surface area (Å²) in [6.07, 6.45) is -0.196. The molecule has 10 heteroatoms. The highest BCUT2D eigenvalue weighted by Crippen LogP contribution is 2.28. The molecule has 3 atom stereocenters. The number of esters is 1. The van der Waals surface area contributed by atoms with Gasteiger partial charge in [0.2, 0.25) is 11.8 Å². The average molecular weight is 529 g/mol. The van der Waals surface area contributed by atoms with E-state index in [1.807, 2.05) is 18.2 Å². The summed E-state index contributed by atoms with van der Waals surface area (Å²) in [5.41, 5.74) is 0.490. The molecule has 2 aromatic carbocycles. The van der Waals surface area contributed by atoms with Crippen LogP contribution in [-0.4, -0.2) is 68.0 Å². The SMILES string of the molecule is COc1ccc([C@@H](O)[C@H](NC(=O)[C@H](C)NC(=O)CC2(OC)CCOCC2)C(=O)OCc2ccccc2)cc1. The van der Waals surface area contributed by atoms with E-state index in [2.05, 4.69) is 10.6 Å². The molecular weight excluding hydrogens is 492 g/mol. The zero-order chi connectivity index (χ0) is 27.5. The fraction of sp³-hybridized carbons (Fsp3) is 0.464. The Morgan fingerprint density at radius 2 is 1.66 bits per heavy atom. The van der Waals surface area contributed by atoms with E-state index in [0.717, 1.165) is 5.56 Å². The van der Waals surface area contributed by atoms with Crippen molar-refractivity contribution < 1.29 is 38.4 Å². The van der Waals surface area contributed by atoms with Crippen molar-refractivity contribution in [1.82, 2.24) is 10.6 Å². The van der Waals surface area contributed by atoms with Crippen molar-refractivity contribution in [3.63, 3.8) is 0 Å². The van der Waals surface area contributed by atoms with Crippen LogP contribution >= 0.6 is 0 Å². The van der Waals surface area contributed by atoms with Gasteiger partial charge in [-0.25, -0.2) is 4.79 Å². The maximum atomic E-state index is 13.0. The smallest absolute Gasteiger partial charge is 0.332 e. The molecule has 2 aromatic rings. The first kappa shape index (κ1) is 29.1. The van der Waals surface area contributed by atoms with Gasteiger partial charge in [-0.15, -0.1) is 0 Å². The monoisotopic (exact) mass is 528 g/mol. The van der Waals surface area contributed by atoms with Crippen LogP contribution in [0.15, 0.2) is 54.6 Å². The number of benzene rings is 2. The second-order valence-corrected chi connectivity index (χ2v) is 9.26. The predicted molar refractivity (Wildman–Crippen MR) is 138 cm³/mol. The number of methoxy groups -OCH3 is 2. The van der Waals surface area contributed by atoms with Crippen LogP contribution in [0.3, 0.4) is 0 Å². The van der Waals surface area contributed by atoms with E-state index in [1.165, 1.54) is 14.0 Å². The van der Waals surface area contributed by atoms with Crippen molar-refractivity contribution in [3.05, 3.63) is 65.7 Å². The van der Waals surface area contributed by atoms with E-state index in [4.69, 9.17) is 18.9 Å². The molecule has 3 N–H and O–H groups in total. The third-order valence-electron chi connectivity index (χ3n) is 6.64.